The van der Waals surface area contributed by atoms with Crippen LogP contribution in [0.5, 0.6) is 0 Å². The standard InChI is InChI=1S/C66H39N3S3/c1-7-19-55-46(13-1)47-14-2-8-20-56(47)67(55)43-31-25-40(26-32-43)61-37-52-64(70-61)53-38-62(41-27-33-44(34-28-41)68-57-21-9-3-15-48(57)49-16-4-10-22-58(49)68)72-66(53)54-39-63(71-65(52)54)42-29-35-45(36-30-42)69-59-23-11-5-17-50(59)51-18-6-12-24-60(51)69/h1-39H. The average Bonchev–Trinajstić information content (AvgIpc) is 4.31. The smallest absolute Gasteiger partial charge is 0.0541 e. The minimum atomic E-state index is 1.17. The van der Waals surface area contributed by atoms with Crippen molar-refractivity contribution in [2.24, 2.45) is 0 Å². The minimum Gasteiger partial charge on any atom is -0.309 e. The lowest BCUT2D eigenvalue weighted by atomic mass is 10.1. The number of para-hydroxylation sites is 6. The molecule has 72 heavy (non-hydrogen) atoms. The summed E-state index contributed by atoms with van der Waals surface area (Å²) in [5, 5.41) is 11.6. The van der Waals surface area contributed by atoms with E-state index in [0.29, 0.717) is 0 Å². The highest BCUT2D eigenvalue weighted by Gasteiger charge is 2.21. The van der Waals surface area contributed by atoms with E-state index in [1.54, 1.807) is 0 Å². The van der Waals surface area contributed by atoms with Crippen molar-refractivity contribution in [3.8, 4) is 48.4 Å². The zero-order chi connectivity index (χ0) is 47.0. The normalized spacial score (nSPS) is 12.2. The molecule has 0 bridgehead atoms. The largest absolute Gasteiger partial charge is 0.309 e. The van der Waals surface area contributed by atoms with Crippen LogP contribution in [0.1, 0.15) is 0 Å². The maximum atomic E-state index is 2.46. The van der Waals surface area contributed by atoms with Gasteiger partial charge < -0.3 is 13.7 Å². The van der Waals surface area contributed by atoms with Gasteiger partial charge in [0.15, 0.2) is 0 Å². The Kier molecular flexibility index (Phi) is 8.66. The van der Waals surface area contributed by atoms with Crippen LogP contribution in [0, 0.1) is 0 Å². The van der Waals surface area contributed by atoms with E-state index in [2.05, 4.69) is 250 Å². The second kappa shape index (κ2) is 15.5. The van der Waals surface area contributed by atoms with Crippen LogP contribution in [0.3, 0.4) is 0 Å². The van der Waals surface area contributed by atoms with Gasteiger partial charge in [0, 0.05) is 94.3 Å². The molecule has 336 valence electrons. The third kappa shape index (κ3) is 5.89. The van der Waals surface area contributed by atoms with Gasteiger partial charge in [-0.1, -0.05) is 146 Å². The predicted octanol–water partition coefficient (Wildman–Crippen LogP) is 19.6. The first-order valence-electron chi connectivity index (χ1n) is 24.4. The number of benzene rings is 10. The number of aromatic nitrogens is 3. The molecule has 0 atom stereocenters. The third-order valence-electron chi connectivity index (χ3n) is 14.9. The fourth-order valence-corrected chi connectivity index (χ4v) is 15.4. The van der Waals surface area contributed by atoms with Crippen LogP contribution in [0.25, 0.3) is 144 Å². The zero-order valence-corrected chi connectivity index (χ0v) is 41.0. The summed E-state index contributed by atoms with van der Waals surface area (Å²) in [7, 11) is 0. The van der Waals surface area contributed by atoms with E-state index in [1.807, 2.05) is 34.0 Å². The van der Waals surface area contributed by atoms with E-state index in [4.69, 9.17) is 0 Å². The number of rotatable bonds is 6. The van der Waals surface area contributed by atoms with E-state index >= 15 is 0 Å². The molecule has 0 N–H and O–H groups in total. The molecular formula is C66H39N3S3. The fraction of sp³-hybridized carbons (Fsp3) is 0. The lowest BCUT2D eigenvalue weighted by molar-refractivity contribution is 1.18. The molecule has 0 aliphatic carbocycles. The number of fused-ring (bicyclic) bond motifs is 15. The maximum absolute atomic E-state index is 2.46. The van der Waals surface area contributed by atoms with Crippen molar-refractivity contribution in [2.45, 2.75) is 0 Å². The van der Waals surface area contributed by atoms with E-state index in [1.165, 1.54) is 144 Å². The predicted molar refractivity (Wildman–Crippen MR) is 312 cm³/mol. The molecule has 10 aromatic carbocycles. The Morgan fingerprint density at radius 2 is 0.417 bits per heavy atom. The van der Waals surface area contributed by atoms with E-state index in [0.717, 1.165) is 0 Å². The van der Waals surface area contributed by atoms with Crippen LogP contribution in [-0.4, -0.2) is 13.7 Å². The molecule has 0 saturated heterocycles. The van der Waals surface area contributed by atoms with Crippen LogP contribution in [0.4, 0.5) is 0 Å². The van der Waals surface area contributed by atoms with E-state index in [9.17, 15) is 0 Å². The van der Waals surface area contributed by atoms with Gasteiger partial charge >= 0.3 is 0 Å². The molecule has 0 radical (unpaired) electrons. The van der Waals surface area contributed by atoms with Gasteiger partial charge in [-0.15, -0.1) is 34.0 Å². The van der Waals surface area contributed by atoms with Gasteiger partial charge in [0.25, 0.3) is 0 Å². The molecule has 3 nitrogen and oxygen atoms in total. The van der Waals surface area contributed by atoms with E-state index < -0.39 is 0 Å². The third-order valence-corrected chi connectivity index (χ3v) is 18.6. The Hall–Kier alpha value is -8.52. The Bertz CT molecular complexity index is 4090. The number of hydrogen-bond donors (Lipinski definition) is 0. The Balaban J connectivity index is 0.837. The number of nitrogens with zero attached hydrogens (tertiary/aromatic N) is 3. The molecule has 0 aliphatic heterocycles. The van der Waals surface area contributed by atoms with Crippen LogP contribution in [0.2, 0.25) is 0 Å². The molecule has 0 spiro atoms. The lowest BCUT2D eigenvalue weighted by Crippen LogP contribution is -1.93. The molecule has 0 saturated carbocycles. The van der Waals surface area contributed by atoms with Crippen molar-refractivity contribution in [2.75, 3.05) is 0 Å². The summed E-state index contributed by atoms with van der Waals surface area (Å²) < 4.78 is 11.2. The van der Waals surface area contributed by atoms with Gasteiger partial charge in [-0.2, -0.15) is 0 Å². The molecule has 0 unspecified atom stereocenters. The highest BCUT2D eigenvalue weighted by Crippen LogP contribution is 2.51. The second-order valence-corrected chi connectivity index (χ2v) is 22.0. The zero-order valence-electron chi connectivity index (χ0n) is 38.6. The molecule has 6 heteroatoms. The van der Waals surface area contributed by atoms with Crippen molar-refractivity contribution >= 4 is 130 Å². The quantitative estimate of drug-likeness (QED) is 0.158. The Morgan fingerprint density at radius 3 is 0.639 bits per heavy atom. The van der Waals surface area contributed by atoms with Crippen molar-refractivity contribution in [3.63, 3.8) is 0 Å². The maximum Gasteiger partial charge on any atom is 0.0541 e. The lowest BCUT2D eigenvalue weighted by Gasteiger charge is -2.08. The van der Waals surface area contributed by atoms with Crippen molar-refractivity contribution < 1.29 is 0 Å². The van der Waals surface area contributed by atoms with Crippen molar-refractivity contribution in [1.82, 2.24) is 13.7 Å². The molecule has 16 aromatic rings. The minimum absolute atomic E-state index is 1.17. The topological polar surface area (TPSA) is 14.8 Å². The summed E-state index contributed by atoms with van der Waals surface area (Å²) in [6, 6.07) is 87.5. The SMILES string of the molecule is c1ccc2c(c1)c1ccccc1n2-c1ccc(-c2cc3c(s2)c2cc(-c4ccc(-n5c6ccccc6c6ccccc65)cc4)sc2c2cc(-c4ccc(-n5c6ccccc6c6ccccc65)cc4)sc32)cc1. The first-order valence-corrected chi connectivity index (χ1v) is 26.8. The van der Waals surface area contributed by atoms with Gasteiger partial charge in [-0.25, -0.2) is 0 Å². The van der Waals surface area contributed by atoms with Gasteiger partial charge in [0.2, 0.25) is 0 Å². The second-order valence-electron chi connectivity index (χ2n) is 18.8. The summed E-state index contributed by atoms with van der Waals surface area (Å²) in [4.78, 5) is 3.84. The molecule has 6 aromatic heterocycles. The molecule has 0 fully saturated rings. The molecule has 0 aliphatic rings. The Morgan fingerprint density at radius 1 is 0.208 bits per heavy atom. The summed E-state index contributed by atoms with van der Waals surface area (Å²) >= 11 is 5.77. The number of hydrogen-bond acceptors (Lipinski definition) is 3. The van der Waals surface area contributed by atoms with Gasteiger partial charge in [-0.05, 0) is 108 Å². The van der Waals surface area contributed by atoms with Crippen LogP contribution < -0.4 is 0 Å². The summed E-state index contributed by atoms with van der Waals surface area (Å²) in [6.45, 7) is 0. The molecule has 16 rings (SSSR count). The number of thiophene rings is 3. The van der Waals surface area contributed by atoms with Gasteiger partial charge in [0.05, 0.1) is 33.1 Å². The van der Waals surface area contributed by atoms with Crippen LogP contribution in [0.15, 0.2) is 237 Å². The molecule has 0 amide bonds. The van der Waals surface area contributed by atoms with Crippen LogP contribution in [-0.2, 0) is 0 Å². The Labute approximate surface area is 425 Å². The first-order chi connectivity index (χ1) is 35.7. The summed E-state index contributed by atoms with van der Waals surface area (Å²) in [5.41, 5.74) is 14.5. The molecular weight excluding hydrogens is 931 g/mol. The van der Waals surface area contributed by atoms with Gasteiger partial charge in [0.1, 0.15) is 0 Å². The highest BCUT2D eigenvalue weighted by atomic mass is 32.1. The molecule has 6 heterocycles. The average molecular weight is 970 g/mol. The summed E-state index contributed by atoms with van der Waals surface area (Å²) in [6.07, 6.45) is 0. The monoisotopic (exact) mass is 969 g/mol. The summed E-state index contributed by atoms with van der Waals surface area (Å²) in [5.74, 6) is 0. The van der Waals surface area contributed by atoms with Crippen molar-refractivity contribution in [3.05, 3.63) is 237 Å². The van der Waals surface area contributed by atoms with Crippen LogP contribution >= 0.6 is 34.0 Å². The highest BCUT2D eigenvalue weighted by molar-refractivity contribution is 7.29. The van der Waals surface area contributed by atoms with Gasteiger partial charge in [-0.3, -0.25) is 0 Å². The fourth-order valence-electron chi connectivity index (χ4n) is 11.6. The van der Waals surface area contributed by atoms with E-state index in [-0.39, 0.29) is 0 Å². The van der Waals surface area contributed by atoms with Crippen molar-refractivity contribution in [1.29, 1.82) is 0 Å². The first kappa shape index (κ1) is 40.2.